The molecular weight excluding hydrogens is 248 g/mol. The number of nitrogens with one attached hydrogen (secondary N) is 1. The third-order valence-corrected chi connectivity index (χ3v) is 3.03. The molecule has 1 aromatic carbocycles. The van der Waals surface area contributed by atoms with E-state index in [1.807, 2.05) is 31.2 Å². The van der Waals surface area contributed by atoms with E-state index in [0.717, 1.165) is 11.3 Å². The largest absolute Gasteiger partial charge is 0.344 e. The van der Waals surface area contributed by atoms with Crippen molar-refractivity contribution in [1.29, 1.82) is 0 Å². The van der Waals surface area contributed by atoms with E-state index in [2.05, 4.69) is 17.9 Å². The third-order valence-electron chi connectivity index (χ3n) is 2.67. The minimum absolute atomic E-state index is 0.172. The highest BCUT2D eigenvalue weighted by Crippen LogP contribution is 2.18. The molecule has 5 heteroatoms. The summed E-state index contributed by atoms with van der Waals surface area (Å²) in [6.07, 6.45) is 0. The second-order valence-electron chi connectivity index (χ2n) is 4.12. The quantitative estimate of drug-likeness (QED) is 0.809. The minimum Gasteiger partial charge on any atom is -0.344 e. The lowest BCUT2D eigenvalue weighted by Gasteiger charge is -2.24. The lowest BCUT2D eigenvalue weighted by molar-refractivity contribution is -0.125. The van der Waals surface area contributed by atoms with E-state index in [1.165, 1.54) is 6.92 Å². The second-order valence-corrected chi connectivity index (χ2v) is 4.48. The predicted octanol–water partition coefficient (Wildman–Crippen LogP) is 1.39. The lowest BCUT2D eigenvalue weighted by Crippen LogP contribution is -2.48. The van der Waals surface area contributed by atoms with Gasteiger partial charge in [-0.25, -0.2) is 0 Å². The Morgan fingerprint density at radius 1 is 1.39 bits per heavy atom. The Hall–Kier alpha value is -1.49. The van der Waals surface area contributed by atoms with Gasteiger partial charge < -0.3 is 10.2 Å². The van der Waals surface area contributed by atoms with E-state index in [0.29, 0.717) is 0 Å². The highest BCUT2D eigenvalue weighted by Gasteiger charge is 2.23. The molecule has 1 atom stereocenters. The molecule has 0 aliphatic carbocycles. The first-order chi connectivity index (χ1) is 8.47. The van der Waals surface area contributed by atoms with Gasteiger partial charge in [0.2, 0.25) is 11.8 Å². The van der Waals surface area contributed by atoms with Gasteiger partial charge in [-0.15, -0.1) is 0 Å². The number of aryl methyl sites for hydroxylation is 1. The van der Waals surface area contributed by atoms with Crippen LogP contribution in [0, 0.1) is 6.92 Å². The zero-order chi connectivity index (χ0) is 13.7. The molecule has 18 heavy (non-hydrogen) atoms. The van der Waals surface area contributed by atoms with Crippen molar-refractivity contribution >= 4 is 30.1 Å². The maximum atomic E-state index is 12.2. The number of para-hydroxylation sites is 1. The van der Waals surface area contributed by atoms with E-state index in [9.17, 15) is 9.59 Å². The Balaban J connectivity index is 2.89. The maximum absolute atomic E-state index is 12.2. The number of carbonyl (C=O) groups excluding carboxylic acids is 2. The molecule has 4 nitrogen and oxygen atoms in total. The minimum atomic E-state index is -0.601. The maximum Gasteiger partial charge on any atom is 0.250 e. The Bertz CT molecular complexity index is 448. The van der Waals surface area contributed by atoms with Gasteiger partial charge in [-0.3, -0.25) is 9.59 Å². The van der Waals surface area contributed by atoms with Gasteiger partial charge in [-0.1, -0.05) is 18.2 Å². The molecule has 0 saturated heterocycles. The molecule has 1 unspecified atom stereocenters. The van der Waals surface area contributed by atoms with Crippen LogP contribution in [0.3, 0.4) is 0 Å². The van der Waals surface area contributed by atoms with Gasteiger partial charge in [-0.2, -0.15) is 12.6 Å². The first kappa shape index (κ1) is 14.6. The topological polar surface area (TPSA) is 49.4 Å². The molecule has 0 aliphatic rings. The van der Waals surface area contributed by atoms with Crippen LogP contribution in [-0.2, 0) is 9.59 Å². The average molecular weight is 266 g/mol. The number of carbonyl (C=O) groups is 2. The summed E-state index contributed by atoms with van der Waals surface area (Å²) in [6, 6.07) is 7.00. The molecule has 0 radical (unpaired) electrons. The van der Waals surface area contributed by atoms with E-state index in [1.54, 1.807) is 11.9 Å². The molecule has 0 aliphatic heterocycles. The fraction of sp³-hybridized carbons (Fsp3) is 0.385. The second kappa shape index (κ2) is 6.44. The van der Waals surface area contributed by atoms with E-state index >= 15 is 0 Å². The number of nitrogens with zero attached hydrogens (tertiary/aromatic N) is 1. The van der Waals surface area contributed by atoms with Gasteiger partial charge >= 0.3 is 0 Å². The summed E-state index contributed by atoms with van der Waals surface area (Å²) in [6.45, 7) is 3.32. The van der Waals surface area contributed by atoms with Gasteiger partial charge in [0.1, 0.15) is 6.04 Å². The van der Waals surface area contributed by atoms with Crippen molar-refractivity contribution in [2.45, 2.75) is 19.9 Å². The van der Waals surface area contributed by atoms with Crippen molar-refractivity contribution in [2.24, 2.45) is 0 Å². The Morgan fingerprint density at radius 2 is 2.00 bits per heavy atom. The first-order valence-electron chi connectivity index (χ1n) is 5.68. The molecule has 0 bridgehead atoms. The van der Waals surface area contributed by atoms with Gasteiger partial charge in [0.05, 0.1) is 0 Å². The van der Waals surface area contributed by atoms with Crippen molar-refractivity contribution < 1.29 is 9.59 Å². The third kappa shape index (κ3) is 3.50. The molecule has 1 rings (SSSR count). The van der Waals surface area contributed by atoms with E-state index in [4.69, 9.17) is 0 Å². The molecule has 1 aromatic rings. The van der Waals surface area contributed by atoms with Gasteiger partial charge in [-0.05, 0) is 18.6 Å². The van der Waals surface area contributed by atoms with Crippen molar-refractivity contribution in [3.8, 4) is 0 Å². The van der Waals surface area contributed by atoms with Crippen molar-refractivity contribution in [1.82, 2.24) is 5.32 Å². The van der Waals surface area contributed by atoms with Gasteiger partial charge in [0.15, 0.2) is 0 Å². The normalized spacial score (nSPS) is 11.8. The Morgan fingerprint density at radius 3 is 2.50 bits per heavy atom. The zero-order valence-corrected chi connectivity index (χ0v) is 11.7. The molecule has 1 N–H and O–H groups in total. The number of thiol groups is 1. The summed E-state index contributed by atoms with van der Waals surface area (Å²) in [4.78, 5) is 24.8. The van der Waals surface area contributed by atoms with Crippen LogP contribution in [0.25, 0.3) is 0 Å². The number of rotatable bonds is 4. The summed E-state index contributed by atoms with van der Waals surface area (Å²) >= 11 is 4.10. The van der Waals surface area contributed by atoms with Crippen LogP contribution < -0.4 is 10.2 Å². The summed E-state index contributed by atoms with van der Waals surface area (Å²) in [5.41, 5.74) is 1.84. The molecule has 0 aromatic heterocycles. The summed E-state index contributed by atoms with van der Waals surface area (Å²) in [7, 11) is 1.70. The van der Waals surface area contributed by atoms with Gasteiger partial charge in [0.25, 0.3) is 0 Å². The lowest BCUT2D eigenvalue weighted by atomic mass is 10.1. The summed E-state index contributed by atoms with van der Waals surface area (Å²) in [5.74, 6) is -0.135. The standard InChI is InChI=1S/C13H18N2O2S/c1-9-6-4-5-7-12(9)15(3)13(17)11(8-18)14-10(2)16/h4-7,11,18H,8H2,1-3H3,(H,14,16). The number of amides is 2. The summed E-state index contributed by atoms with van der Waals surface area (Å²) in [5, 5.41) is 2.59. The van der Waals surface area contributed by atoms with Crippen LogP contribution in [-0.4, -0.2) is 30.7 Å². The molecular formula is C13H18N2O2S. The predicted molar refractivity (Wildman–Crippen MR) is 76.0 cm³/mol. The summed E-state index contributed by atoms with van der Waals surface area (Å²) < 4.78 is 0. The SMILES string of the molecule is CC(=O)NC(CS)C(=O)N(C)c1ccccc1C. The number of likely N-dealkylation sites (N-methyl/N-ethyl adjacent to an activating group) is 1. The van der Waals surface area contributed by atoms with Crippen LogP contribution >= 0.6 is 12.6 Å². The Labute approximate surface area is 113 Å². The van der Waals surface area contributed by atoms with Crippen LogP contribution in [0.1, 0.15) is 12.5 Å². The monoisotopic (exact) mass is 266 g/mol. The van der Waals surface area contributed by atoms with Crippen molar-refractivity contribution in [3.05, 3.63) is 29.8 Å². The van der Waals surface area contributed by atoms with E-state index < -0.39 is 6.04 Å². The molecule has 0 spiro atoms. The molecule has 2 amide bonds. The van der Waals surface area contributed by atoms with Crippen LogP contribution in [0.2, 0.25) is 0 Å². The van der Waals surface area contributed by atoms with Gasteiger partial charge in [0, 0.05) is 25.4 Å². The molecule has 0 saturated carbocycles. The van der Waals surface area contributed by atoms with Crippen molar-refractivity contribution in [3.63, 3.8) is 0 Å². The number of hydrogen-bond donors (Lipinski definition) is 2. The Kier molecular flexibility index (Phi) is 5.22. The molecule has 0 fully saturated rings. The van der Waals surface area contributed by atoms with E-state index in [-0.39, 0.29) is 17.6 Å². The number of hydrogen-bond acceptors (Lipinski definition) is 3. The fourth-order valence-electron chi connectivity index (χ4n) is 1.72. The highest BCUT2D eigenvalue weighted by molar-refractivity contribution is 7.80. The molecule has 98 valence electrons. The van der Waals surface area contributed by atoms with Crippen molar-refractivity contribution in [2.75, 3.05) is 17.7 Å². The van der Waals surface area contributed by atoms with Crippen LogP contribution in [0.15, 0.2) is 24.3 Å². The number of benzene rings is 1. The average Bonchev–Trinajstić information content (AvgIpc) is 2.34. The van der Waals surface area contributed by atoms with Crippen LogP contribution in [0.4, 0.5) is 5.69 Å². The number of anilines is 1. The van der Waals surface area contributed by atoms with Crippen LogP contribution in [0.5, 0.6) is 0 Å². The smallest absolute Gasteiger partial charge is 0.250 e. The fourth-order valence-corrected chi connectivity index (χ4v) is 1.97. The zero-order valence-electron chi connectivity index (χ0n) is 10.8. The highest BCUT2D eigenvalue weighted by atomic mass is 32.1. The first-order valence-corrected chi connectivity index (χ1v) is 6.31. The molecule has 0 heterocycles.